The summed E-state index contributed by atoms with van der Waals surface area (Å²) in [5, 5.41) is 9.59. The summed E-state index contributed by atoms with van der Waals surface area (Å²) in [6, 6.07) is 13.5. The predicted octanol–water partition coefficient (Wildman–Crippen LogP) is 5.17. The number of thiophene rings is 1. The predicted molar refractivity (Wildman–Crippen MR) is 117 cm³/mol. The molecule has 0 atom stereocenters. The van der Waals surface area contributed by atoms with Crippen molar-refractivity contribution in [2.45, 2.75) is 12.3 Å². The van der Waals surface area contributed by atoms with Crippen molar-refractivity contribution in [1.82, 2.24) is 14.7 Å². The number of carbonyl (C=O) groups is 1. The molecule has 3 heterocycles. The molecule has 29 heavy (non-hydrogen) atoms. The van der Waals surface area contributed by atoms with Gasteiger partial charge in [-0.1, -0.05) is 41.0 Å². The van der Waals surface area contributed by atoms with Crippen LogP contribution in [0.25, 0.3) is 10.6 Å². The molecule has 0 fully saturated rings. The zero-order chi connectivity index (χ0) is 20.1. The summed E-state index contributed by atoms with van der Waals surface area (Å²) < 4.78 is 7.21. The van der Waals surface area contributed by atoms with E-state index in [1.165, 1.54) is 11.8 Å². The van der Waals surface area contributed by atoms with Gasteiger partial charge in [0.05, 0.1) is 22.9 Å². The van der Waals surface area contributed by atoms with E-state index < -0.39 is 0 Å². The van der Waals surface area contributed by atoms with E-state index in [1.807, 2.05) is 58.6 Å². The molecule has 3 aromatic heterocycles. The van der Waals surface area contributed by atoms with Crippen molar-refractivity contribution in [3.8, 4) is 10.6 Å². The molecule has 6 nitrogen and oxygen atoms in total. The standard InChI is InChI=1S/C20H17ClN4O2S2/c21-16-5-2-1-4-14(16)11-25-8-7-22-20(25)23-19(26)13-28-12-15-10-17(27-24-15)18-6-3-9-29-18/h1-10H,11-13H2,(H,22,23,26). The van der Waals surface area contributed by atoms with Gasteiger partial charge in [0.25, 0.3) is 0 Å². The molecular weight excluding hydrogens is 428 g/mol. The number of nitrogens with zero attached hydrogens (tertiary/aromatic N) is 3. The lowest BCUT2D eigenvalue weighted by Crippen LogP contribution is -2.18. The molecule has 0 aliphatic carbocycles. The first-order chi connectivity index (χ1) is 14.2. The lowest BCUT2D eigenvalue weighted by atomic mass is 10.2. The number of rotatable bonds is 8. The first-order valence-electron chi connectivity index (χ1n) is 8.80. The minimum Gasteiger partial charge on any atom is -0.355 e. The van der Waals surface area contributed by atoms with Gasteiger partial charge in [-0.3, -0.25) is 10.1 Å². The maximum Gasteiger partial charge on any atom is 0.236 e. The first-order valence-corrected chi connectivity index (χ1v) is 11.2. The average molecular weight is 445 g/mol. The zero-order valence-electron chi connectivity index (χ0n) is 15.2. The number of nitrogens with one attached hydrogen (secondary N) is 1. The number of hydrogen-bond acceptors (Lipinski definition) is 6. The third-order valence-electron chi connectivity index (χ3n) is 4.07. The molecule has 1 aromatic carbocycles. The molecule has 0 saturated carbocycles. The number of benzene rings is 1. The van der Waals surface area contributed by atoms with Crippen LogP contribution in [0, 0.1) is 0 Å². The van der Waals surface area contributed by atoms with Crippen molar-refractivity contribution < 1.29 is 9.32 Å². The molecular formula is C20H17ClN4O2S2. The van der Waals surface area contributed by atoms with Crippen molar-refractivity contribution >= 4 is 46.6 Å². The Morgan fingerprint density at radius 2 is 2.17 bits per heavy atom. The molecule has 9 heteroatoms. The fourth-order valence-corrected chi connectivity index (χ4v) is 4.27. The van der Waals surface area contributed by atoms with Gasteiger partial charge in [0, 0.05) is 29.2 Å². The fraction of sp³-hybridized carbons (Fsp3) is 0.150. The number of thioether (sulfide) groups is 1. The largest absolute Gasteiger partial charge is 0.355 e. The van der Waals surface area contributed by atoms with Crippen LogP contribution in [0.1, 0.15) is 11.3 Å². The van der Waals surface area contributed by atoms with Crippen molar-refractivity contribution in [3.63, 3.8) is 0 Å². The SMILES string of the molecule is O=C(CSCc1cc(-c2cccs2)on1)Nc1nccn1Cc1ccccc1Cl. The van der Waals surface area contributed by atoms with Crippen molar-refractivity contribution in [2.75, 3.05) is 11.1 Å². The number of hydrogen-bond donors (Lipinski definition) is 1. The van der Waals surface area contributed by atoms with E-state index in [2.05, 4.69) is 15.5 Å². The van der Waals surface area contributed by atoms with Crippen LogP contribution in [0.2, 0.25) is 5.02 Å². The maximum atomic E-state index is 12.3. The normalized spacial score (nSPS) is 10.9. The number of anilines is 1. The second-order valence-corrected chi connectivity index (χ2v) is 8.51. The van der Waals surface area contributed by atoms with Crippen LogP contribution in [0.15, 0.2) is 64.8 Å². The third-order valence-corrected chi connectivity index (χ3v) is 6.29. The minimum atomic E-state index is -0.122. The molecule has 0 saturated heterocycles. The van der Waals surface area contributed by atoms with Crippen LogP contribution in [0.5, 0.6) is 0 Å². The van der Waals surface area contributed by atoms with E-state index in [-0.39, 0.29) is 5.91 Å². The second-order valence-electron chi connectivity index (χ2n) is 6.17. The molecule has 0 aliphatic heterocycles. The van der Waals surface area contributed by atoms with Gasteiger partial charge in [-0.2, -0.15) is 0 Å². The maximum absolute atomic E-state index is 12.3. The number of carbonyl (C=O) groups excluding carboxylic acids is 1. The van der Waals surface area contributed by atoms with Crippen molar-refractivity contribution in [1.29, 1.82) is 0 Å². The Morgan fingerprint density at radius 3 is 3.00 bits per heavy atom. The second kappa shape index (κ2) is 9.30. The van der Waals surface area contributed by atoms with Crippen molar-refractivity contribution in [3.05, 3.63) is 76.5 Å². The molecule has 0 aliphatic rings. The molecule has 4 rings (SSSR count). The lowest BCUT2D eigenvalue weighted by molar-refractivity contribution is -0.113. The Balaban J connectivity index is 1.28. The molecule has 0 spiro atoms. The van der Waals surface area contributed by atoms with Crippen molar-refractivity contribution in [2.24, 2.45) is 0 Å². The summed E-state index contributed by atoms with van der Waals surface area (Å²) in [6.45, 7) is 0.535. The van der Waals surface area contributed by atoms with Gasteiger partial charge in [0.2, 0.25) is 11.9 Å². The average Bonchev–Trinajstić information content (AvgIpc) is 3.46. The molecule has 1 N–H and O–H groups in total. The van der Waals surface area contributed by atoms with Gasteiger partial charge in [-0.15, -0.1) is 23.1 Å². The summed E-state index contributed by atoms with van der Waals surface area (Å²) in [5.41, 5.74) is 1.77. The van der Waals surface area contributed by atoms with E-state index in [0.29, 0.717) is 29.0 Å². The molecule has 148 valence electrons. The van der Waals surface area contributed by atoms with Gasteiger partial charge in [-0.05, 0) is 23.1 Å². The minimum absolute atomic E-state index is 0.122. The Morgan fingerprint density at radius 1 is 1.28 bits per heavy atom. The molecule has 0 unspecified atom stereocenters. The summed E-state index contributed by atoms with van der Waals surface area (Å²) >= 11 is 9.29. The van der Waals surface area contributed by atoms with Crippen LogP contribution in [-0.2, 0) is 17.1 Å². The van der Waals surface area contributed by atoms with Crippen LogP contribution >= 0.6 is 34.7 Å². The smallest absolute Gasteiger partial charge is 0.236 e. The van der Waals surface area contributed by atoms with Gasteiger partial charge < -0.3 is 9.09 Å². The Bertz CT molecular complexity index is 1090. The van der Waals surface area contributed by atoms with Crippen LogP contribution in [-0.4, -0.2) is 26.4 Å². The third kappa shape index (κ3) is 5.09. The Labute approximate surface area is 180 Å². The van der Waals surface area contributed by atoms with E-state index in [4.69, 9.17) is 16.1 Å². The number of imidazole rings is 1. The molecule has 4 aromatic rings. The Hall–Kier alpha value is -2.55. The van der Waals surface area contributed by atoms with Gasteiger partial charge >= 0.3 is 0 Å². The quantitative estimate of drug-likeness (QED) is 0.405. The highest BCUT2D eigenvalue weighted by Crippen LogP contribution is 2.26. The van der Waals surface area contributed by atoms with E-state index in [1.54, 1.807) is 17.5 Å². The van der Waals surface area contributed by atoms with Gasteiger partial charge in [0.15, 0.2) is 5.76 Å². The zero-order valence-corrected chi connectivity index (χ0v) is 17.6. The Kier molecular flexibility index (Phi) is 6.33. The van der Waals surface area contributed by atoms with E-state index >= 15 is 0 Å². The highest BCUT2D eigenvalue weighted by molar-refractivity contribution is 7.99. The van der Waals surface area contributed by atoms with Crippen LogP contribution in [0.3, 0.4) is 0 Å². The lowest BCUT2D eigenvalue weighted by Gasteiger charge is -2.10. The molecule has 0 bridgehead atoms. The van der Waals surface area contributed by atoms with Gasteiger partial charge in [0.1, 0.15) is 0 Å². The number of halogens is 1. The summed E-state index contributed by atoms with van der Waals surface area (Å²) in [7, 11) is 0. The summed E-state index contributed by atoms with van der Waals surface area (Å²) in [6.07, 6.45) is 3.47. The topological polar surface area (TPSA) is 73.0 Å². The fourth-order valence-electron chi connectivity index (χ4n) is 2.69. The monoisotopic (exact) mass is 444 g/mol. The number of aromatic nitrogens is 3. The molecule has 0 radical (unpaired) electrons. The van der Waals surface area contributed by atoms with Gasteiger partial charge in [-0.25, -0.2) is 4.98 Å². The number of amides is 1. The van der Waals surface area contributed by atoms with Crippen LogP contribution in [0.4, 0.5) is 5.95 Å². The van der Waals surface area contributed by atoms with E-state index in [0.717, 1.165) is 21.9 Å². The van der Waals surface area contributed by atoms with E-state index in [9.17, 15) is 4.79 Å². The highest BCUT2D eigenvalue weighted by Gasteiger charge is 2.11. The summed E-state index contributed by atoms with van der Waals surface area (Å²) in [5.74, 6) is 2.01. The first kappa shape index (κ1) is 19.8. The highest BCUT2D eigenvalue weighted by atomic mass is 35.5. The van der Waals surface area contributed by atoms with Crippen LogP contribution < -0.4 is 5.32 Å². The summed E-state index contributed by atoms with van der Waals surface area (Å²) in [4.78, 5) is 17.6. The molecule has 1 amide bonds.